The lowest BCUT2D eigenvalue weighted by atomic mass is 9.93. The maximum atomic E-state index is 12.4. The maximum Gasteiger partial charge on any atom is 0.321 e. The van der Waals surface area contributed by atoms with Gasteiger partial charge in [-0.05, 0) is 35.9 Å². The Morgan fingerprint density at radius 2 is 1.87 bits per heavy atom. The highest BCUT2D eigenvalue weighted by Crippen LogP contribution is 2.27. The van der Waals surface area contributed by atoms with E-state index in [2.05, 4.69) is 15.3 Å². The number of aromatic nitrogens is 2. The van der Waals surface area contributed by atoms with Crippen LogP contribution in [0.1, 0.15) is 22.0 Å². The van der Waals surface area contributed by atoms with Crippen LogP contribution in [0.5, 0.6) is 5.75 Å². The number of nitrogens with one attached hydrogen (secondary N) is 1. The molecule has 2 aliphatic heterocycles. The summed E-state index contributed by atoms with van der Waals surface area (Å²) in [6.07, 6.45) is 3.58. The third-order valence-corrected chi connectivity index (χ3v) is 6.11. The number of urea groups is 1. The fourth-order valence-corrected chi connectivity index (χ4v) is 4.17. The van der Waals surface area contributed by atoms with Gasteiger partial charge in [0, 0.05) is 42.5 Å². The van der Waals surface area contributed by atoms with Gasteiger partial charge in [0.15, 0.2) is 0 Å². The van der Waals surface area contributed by atoms with Gasteiger partial charge in [-0.3, -0.25) is 9.78 Å². The van der Waals surface area contributed by atoms with Crippen LogP contribution in [0.3, 0.4) is 0 Å². The Balaban J connectivity index is 1.06. The minimum absolute atomic E-state index is 0.0338. The minimum Gasteiger partial charge on any atom is -0.487 e. The van der Waals surface area contributed by atoms with Gasteiger partial charge in [-0.1, -0.05) is 6.07 Å². The van der Waals surface area contributed by atoms with E-state index in [0.29, 0.717) is 43.5 Å². The first kappa shape index (κ1) is 19.5. The zero-order valence-corrected chi connectivity index (χ0v) is 17.5. The number of ether oxygens (including phenoxy) is 1. The largest absolute Gasteiger partial charge is 0.487 e. The monoisotopic (exact) mass is 435 g/mol. The molecule has 0 aliphatic carbocycles. The van der Waals surface area contributed by atoms with Gasteiger partial charge in [0.05, 0.1) is 18.6 Å². The third kappa shape index (κ3) is 4.22. The second-order valence-corrected chi connectivity index (χ2v) is 8.39. The first-order valence-corrected chi connectivity index (χ1v) is 11.0. The molecule has 5 rings (SSSR count). The van der Waals surface area contributed by atoms with Crippen molar-refractivity contribution in [2.24, 2.45) is 0 Å². The fraction of sp³-hybridized carbons (Fsp3) is 0.273. The quantitative estimate of drug-likeness (QED) is 0.666. The number of nitrogens with zero attached hydrogens (tertiary/aromatic N) is 4. The maximum absolute atomic E-state index is 12.4. The van der Waals surface area contributed by atoms with Crippen molar-refractivity contribution < 1.29 is 14.3 Å². The number of thiazole rings is 1. The number of pyridine rings is 1. The first-order chi connectivity index (χ1) is 15.2. The first-order valence-electron chi connectivity index (χ1n) is 10.1. The van der Waals surface area contributed by atoms with Crippen LogP contribution in [0.15, 0.2) is 59.7 Å². The summed E-state index contributed by atoms with van der Waals surface area (Å²) in [5.41, 5.74) is 4.02. The molecule has 2 fully saturated rings. The van der Waals surface area contributed by atoms with E-state index in [4.69, 9.17) is 4.74 Å². The average Bonchev–Trinajstić information content (AvgIpc) is 3.26. The predicted molar refractivity (Wildman–Crippen MR) is 116 cm³/mol. The summed E-state index contributed by atoms with van der Waals surface area (Å²) in [6, 6.07) is 11.2. The molecule has 31 heavy (non-hydrogen) atoms. The smallest absolute Gasteiger partial charge is 0.321 e. The number of rotatable bonds is 5. The van der Waals surface area contributed by atoms with Crippen LogP contribution in [-0.2, 0) is 0 Å². The van der Waals surface area contributed by atoms with Crippen LogP contribution in [0.2, 0.25) is 0 Å². The summed E-state index contributed by atoms with van der Waals surface area (Å²) in [7, 11) is 0. The van der Waals surface area contributed by atoms with Crippen molar-refractivity contribution in [2.45, 2.75) is 12.0 Å². The summed E-state index contributed by atoms with van der Waals surface area (Å²) >= 11 is 1.41. The standard InChI is InChI=1S/C22H21N5O3S/c28-21(20-13-31-14-24-20)26-11-19(12-26)30-18-5-3-17(4-6-18)25-22(29)27-9-16(10-27)15-2-1-7-23-8-15/h1-8,13-14,16,19H,9-12H2,(H,25,29). The molecule has 0 unspecified atom stereocenters. The number of benzene rings is 1. The van der Waals surface area contributed by atoms with E-state index in [0.717, 1.165) is 11.3 Å². The lowest BCUT2D eigenvalue weighted by Gasteiger charge is -2.39. The van der Waals surface area contributed by atoms with Crippen molar-refractivity contribution in [3.8, 4) is 5.75 Å². The number of likely N-dealkylation sites (tertiary alicyclic amines) is 2. The van der Waals surface area contributed by atoms with Gasteiger partial charge < -0.3 is 19.9 Å². The molecule has 9 heteroatoms. The number of amides is 3. The molecule has 0 radical (unpaired) electrons. The van der Waals surface area contributed by atoms with Crippen LogP contribution < -0.4 is 10.1 Å². The van der Waals surface area contributed by atoms with E-state index < -0.39 is 0 Å². The molecule has 0 saturated carbocycles. The highest BCUT2D eigenvalue weighted by atomic mass is 32.1. The molecule has 1 N–H and O–H groups in total. The molecule has 3 amide bonds. The van der Waals surface area contributed by atoms with Gasteiger partial charge in [-0.15, -0.1) is 11.3 Å². The Hall–Kier alpha value is -3.46. The Bertz CT molecular complexity index is 1050. The Morgan fingerprint density at radius 3 is 2.55 bits per heavy atom. The topological polar surface area (TPSA) is 87.7 Å². The molecule has 1 aromatic carbocycles. The van der Waals surface area contributed by atoms with E-state index in [-0.39, 0.29) is 18.0 Å². The van der Waals surface area contributed by atoms with E-state index in [1.807, 2.05) is 42.6 Å². The Morgan fingerprint density at radius 1 is 1.06 bits per heavy atom. The summed E-state index contributed by atoms with van der Waals surface area (Å²) < 4.78 is 5.91. The van der Waals surface area contributed by atoms with Gasteiger partial charge in [-0.25, -0.2) is 9.78 Å². The van der Waals surface area contributed by atoms with Crippen molar-refractivity contribution in [1.29, 1.82) is 0 Å². The van der Waals surface area contributed by atoms with Crippen LogP contribution in [0.4, 0.5) is 10.5 Å². The molecule has 158 valence electrons. The second-order valence-electron chi connectivity index (χ2n) is 7.67. The molecule has 2 saturated heterocycles. The lowest BCUT2D eigenvalue weighted by Crippen LogP contribution is -2.56. The van der Waals surface area contributed by atoms with Crippen molar-refractivity contribution >= 4 is 29.0 Å². The van der Waals surface area contributed by atoms with Crippen molar-refractivity contribution in [2.75, 3.05) is 31.5 Å². The summed E-state index contributed by atoms with van der Waals surface area (Å²) in [5.74, 6) is 1.000. The van der Waals surface area contributed by atoms with Gasteiger partial charge >= 0.3 is 6.03 Å². The molecule has 4 heterocycles. The van der Waals surface area contributed by atoms with E-state index in [1.165, 1.54) is 11.3 Å². The molecule has 0 atom stereocenters. The molecule has 2 aromatic heterocycles. The van der Waals surface area contributed by atoms with E-state index in [1.54, 1.807) is 26.9 Å². The second kappa shape index (κ2) is 8.35. The zero-order valence-electron chi connectivity index (χ0n) is 16.7. The number of hydrogen-bond acceptors (Lipinski definition) is 6. The minimum atomic E-state index is -0.107. The van der Waals surface area contributed by atoms with Crippen LogP contribution >= 0.6 is 11.3 Å². The van der Waals surface area contributed by atoms with E-state index in [9.17, 15) is 9.59 Å². The SMILES string of the molecule is O=C(Nc1ccc(OC2CN(C(=O)c3cscn3)C2)cc1)N1CC(c2cccnc2)C1. The van der Waals surface area contributed by atoms with Crippen LogP contribution in [-0.4, -0.2) is 64.0 Å². The average molecular weight is 436 g/mol. The lowest BCUT2D eigenvalue weighted by molar-refractivity contribution is 0.0174. The van der Waals surface area contributed by atoms with Crippen molar-refractivity contribution in [3.05, 3.63) is 70.9 Å². The Kier molecular flexibility index (Phi) is 5.25. The van der Waals surface area contributed by atoms with Gasteiger partial charge in [0.2, 0.25) is 0 Å². The van der Waals surface area contributed by atoms with Crippen molar-refractivity contribution in [3.63, 3.8) is 0 Å². The normalized spacial score (nSPS) is 16.4. The number of anilines is 1. The summed E-state index contributed by atoms with van der Waals surface area (Å²) in [4.78, 5) is 36.3. The highest BCUT2D eigenvalue weighted by molar-refractivity contribution is 7.07. The van der Waals surface area contributed by atoms with Crippen molar-refractivity contribution in [1.82, 2.24) is 19.8 Å². The Labute approximate surface area is 183 Å². The third-order valence-electron chi connectivity index (χ3n) is 5.52. The van der Waals surface area contributed by atoms with Gasteiger partial charge in [0.1, 0.15) is 17.5 Å². The molecule has 0 bridgehead atoms. The summed E-state index contributed by atoms with van der Waals surface area (Å²) in [6.45, 7) is 2.47. The number of carbonyl (C=O) groups is 2. The molecular formula is C22H21N5O3S. The van der Waals surface area contributed by atoms with Gasteiger partial charge in [0.25, 0.3) is 5.91 Å². The summed E-state index contributed by atoms with van der Waals surface area (Å²) in [5, 5.41) is 4.67. The van der Waals surface area contributed by atoms with Crippen LogP contribution in [0, 0.1) is 0 Å². The van der Waals surface area contributed by atoms with Gasteiger partial charge in [-0.2, -0.15) is 0 Å². The molecule has 2 aliphatic rings. The molecular weight excluding hydrogens is 414 g/mol. The predicted octanol–water partition coefficient (Wildman–Crippen LogP) is 3.07. The number of carbonyl (C=O) groups excluding carboxylic acids is 2. The van der Waals surface area contributed by atoms with Crippen LogP contribution in [0.25, 0.3) is 0 Å². The zero-order chi connectivity index (χ0) is 21.2. The highest BCUT2D eigenvalue weighted by Gasteiger charge is 2.34. The number of hydrogen-bond donors (Lipinski definition) is 1. The molecule has 8 nitrogen and oxygen atoms in total. The van der Waals surface area contributed by atoms with E-state index >= 15 is 0 Å². The molecule has 3 aromatic rings. The fourth-order valence-electron chi connectivity index (χ4n) is 3.64. The molecule has 0 spiro atoms.